The number of alkyl halides is 3. The monoisotopic (exact) mass is 363 g/mol. The molecule has 0 amide bonds. The predicted octanol–water partition coefficient (Wildman–Crippen LogP) is 3.34. The molecule has 0 fully saturated rings. The zero-order valence-electron chi connectivity index (χ0n) is 11.6. The molecule has 0 atom stereocenters. The van der Waals surface area contributed by atoms with Crippen molar-refractivity contribution in [1.82, 2.24) is 0 Å². The fraction of sp³-hybridized carbons (Fsp3) is 0.0714. The molecule has 0 saturated carbocycles. The predicted molar refractivity (Wildman–Crippen MR) is 75.6 cm³/mol. The number of aromatic carboxylic acids is 1. The highest BCUT2D eigenvalue weighted by Gasteiger charge is 2.34. The summed E-state index contributed by atoms with van der Waals surface area (Å²) >= 11 is 0. The molecule has 2 N–H and O–H groups in total. The molecule has 0 unspecified atom stereocenters. The summed E-state index contributed by atoms with van der Waals surface area (Å²) in [6, 6.07) is 5.70. The van der Waals surface area contributed by atoms with E-state index in [1.165, 1.54) is 0 Å². The Morgan fingerprint density at radius 1 is 1.04 bits per heavy atom. The van der Waals surface area contributed by atoms with Crippen LogP contribution in [0.15, 0.2) is 47.4 Å². The lowest BCUT2D eigenvalue weighted by Gasteiger charge is -2.12. The van der Waals surface area contributed by atoms with Gasteiger partial charge in [0.2, 0.25) is 0 Å². The van der Waals surface area contributed by atoms with Gasteiger partial charge < -0.3 is 5.11 Å². The SMILES string of the molecule is O=C(O)c1ccc(S(=O)(=O)Nc2ccc(F)c(C(F)(F)F)c2)cc1. The average Bonchev–Trinajstić information content (AvgIpc) is 2.48. The fourth-order valence-electron chi connectivity index (χ4n) is 1.80. The maximum Gasteiger partial charge on any atom is 0.419 e. The largest absolute Gasteiger partial charge is 0.478 e. The number of sulfonamides is 1. The molecule has 0 heterocycles. The summed E-state index contributed by atoms with van der Waals surface area (Å²) in [6.07, 6.45) is -4.98. The van der Waals surface area contributed by atoms with Crippen molar-refractivity contribution in [2.75, 3.05) is 4.72 Å². The van der Waals surface area contributed by atoms with Crippen molar-refractivity contribution in [2.24, 2.45) is 0 Å². The third kappa shape index (κ3) is 3.82. The van der Waals surface area contributed by atoms with Crippen molar-refractivity contribution >= 4 is 21.7 Å². The van der Waals surface area contributed by atoms with Gasteiger partial charge in [-0.05, 0) is 42.5 Å². The second-order valence-electron chi connectivity index (χ2n) is 4.63. The first-order valence-corrected chi connectivity index (χ1v) is 7.72. The molecule has 0 radical (unpaired) electrons. The highest BCUT2D eigenvalue weighted by Crippen LogP contribution is 2.33. The molecule has 10 heteroatoms. The summed E-state index contributed by atoms with van der Waals surface area (Å²) in [5, 5.41) is 8.74. The Hall–Kier alpha value is -2.62. The van der Waals surface area contributed by atoms with Crippen LogP contribution in [0.1, 0.15) is 15.9 Å². The molecule has 0 aliphatic heterocycles. The van der Waals surface area contributed by atoms with Crippen LogP contribution >= 0.6 is 0 Å². The molecule has 2 aromatic carbocycles. The first kappa shape index (κ1) is 17.7. The summed E-state index contributed by atoms with van der Waals surface area (Å²) in [5.41, 5.74) is -2.25. The van der Waals surface area contributed by atoms with Crippen LogP contribution in [-0.2, 0) is 16.2 Å². The Balaban J connectivity index is 2.34. The molecule has 128 valence electrons. The molecule has 0 saturated heterocycles. The molecular formula is C14H9F4NO4S. The molecular weight excluding hydrogens is 354 g/mol. The molecule has 0 aromatic heterocycles. The lowest BCUT2D eigenvalue weighted by molar-refractivity contribution is -0.139. The number of anilines is 1. The summed E-state index contributed by atoms with van der Waals surface area (Å²) in [6.45, 7) is 0. The standard InChI is InChI=1S/C14H9F4NO4S/c15-12-6-3-9(7-11(12)14(16,17)18)19-24(22,23)10-4-1-8(2-5-10)13(20)21/h1-7,19H,(H,20,21). The Morgan fingerprint density at radius 2 is 1.62 bits per heavy atom. The molecule has 0 aliphatic rings. The maximum atomic E-state index is 13.2. The van der Waals surface area contributed by atoms with E-state index in [0.29, 0.717) is 12.1 Å². The van der Waals surface area contributed by atoms with Crippen LogP contribution in [0.5, 0.6) is 0 Å². The van der Waals surface area contributed by atoms with E-state index in [2.05, 4.69) is 0 Å². The Morgan fingerprint density at radius 3 is 2.12 bits per heavy atom. The van der Waals surface area contributed by atoms with Gasteiger partial charge in [0, 0.05) is 5.69 Å². The van der Waals surface area contributed by atoms with Gasteiger partial charge in [0.25, 0.3) is 10.0 Å². The van der Waals surface area contributed by atoms with Crippen LogP contribution in [0.25, 0.3) is 0 Å². The first-order valence-electron chi connectivity index (χ1n) is 6.23. The molecule has 0 bridgehead atoms. The van der Waals surface area contributed by atoms with Gasteiger partial charge in [-0.15, -0.1) is 0 Å². The van der Waals surface area contributed by atoms with Gasteiger partial charge in [-0.3, -0.25) is 4.72 Å². The average molecular weight is 363 g/mol. The number of nitrogens with one attached hydrogen (secondary N) is 1. The van der Waals surface area contributed by atoms with E-state index >= 15 is 0 Å². The summed E-state index contributed by atoms with van der Waals surface area (Å²) in [5.74, 6) is -2.79. The summed E-state index contributed by atoms with van der Waals surface area (Å²) in [4.78, 5) is 10.4. The van der Waals surface area contributed by atoms with Crippen LogP contribution in [0, 0.1) is 5.82 Å². The number of carboxylic acid groups (broad SMARTS) is 1. The zero-order valence-corrected chi connectivity index (χ0v) is 12.5. The van der Waals surface area contributed by atoms with Crippen molar-refractivity contribution in [3.63, 3.8) is 0 Å². The second kappa shape index (κ2) is 6.11. The van der Waals surface area contributed by atoms with Gasteiger partial charge in [-0.2, -0.15) is 13.2 Å². The maximum absolute atomic E-state index is 13.2. The smallest absolute Gasteiger partial charge is 0.419 e. The molecule has 0 spiro atoms. The fourth-order valence-corrected chi connectivity index (χ4v) is 2.85. The van der Waals surface area contributed by atoms with Crippen LogP contribution < -0.4 is 4.72 Å². The normalized spacial score (nSPS) is 12.0. The number of hydrogen-bond donors (Lipinski definition) is 2. The van der Waals surface area contributed by atoms with Gasteiger partial charge in [0.15, 0.2) is 0 Å². The summed E-state index contributed by atoms with van der Waals surface area (Å²) in [7, 11) is -4.26. The van der Waals surface area contributed by atoms with E-state index < -0.39 is 39.2 Å². The number of carboxylic acids is 1. The van der Waals surface area contributed by atoms with Gasteiger partial charge >= 0.3 is 12.1 Å². The van der Waals surface area contributed by atoms with Crippen molar-refractivity contribution in [3.8, 4) is 0 Å². The number of hydrogen-bond acceptors (Lipinski definition) is 3. The number of carbonyl (C=O) groups is 1. The highest BCUT2D eigenvalue weighted by molar-refractivity contribution is 7.92. The van der Waals surface area contributed by atoms with Gasteiger partial charge in [-0.25, -0.2) is 17.6 Å². The topological polar surface area (TPSA) is 83.5 Å². The van der Waals surface area contributed by atoms with E-state index in [-0.39, 0.29) is 10.5 Å². The molecule has 5 nitrogen and oxygen atoms in total. The van der Waals surface area contributed by atoms with Crippen LogP contribution in [0.3, 0.4) is 0 Å². The Kier molecular flexibility index (Phi) is 4.52. The Bertz CT molecular complexity index is 877. The summed E-state index contributed by atoms with van der Waals surface area (Å²) < 4.78 is 77.2. The van der Waals surface area contributed by atoms with Gasteiger partial charge in [-0.1, -0.05) is 0 Å². The minimum atomic E-state index is -4.98. The molecule has 2 rings (SSSR count). The molecule has 2 aromatic rings. The van der Waals surface area contributed by atoms with Crippen LogP contribution in [0.2, 0.25) is 0 Å². The molecule has 24 heavy (non-hydrogen) atoms. The zero-order chi connectivity index (χ0) is 18.1. The minimum absolute atomic E-state index is 0.157. The lowest BCUT2D eigenvalue weighted by Crippen LogP contribution is -2.15. The van der Waals surface area contributed by atoms with E-state index in [1.807, 2.05) is 4.72 Å². The van der Waals surface area contributed by atoms with Crippen molar-refractivity contribution in [1.29, 1.82) is 0 Å². The second-order valence-corrected chi connectivity index (χ2v) is 6.31. The van der Waals surface area contributed by atoms with Crippen molar-refractivity contribution in [2.45, 2.75) is 11.1 Å². The minimum Gasteiger partial charge on any atom is -0.478 e. The van der Waals surface area contributed by atoms with Gasteiger partial charge in [0.05, 0.1) is 16.0 Å². The van der Waals surface area contributed by atoms with E-state index in [1.54, 1.807) is 0 Å². The first-order chi connectivity index (χ1) is 11.0. The number of rotatable bonds is 4. The highest BCUT2D eigenvalue weighted by atomic mass is 32.2. The van der Waals surface area contributed by atoms with Crippen molar-refractivity contribution < 1.29 is 35.9 Å². The quantitative estimate of drug-likeness (QED) is 0.816. The number of benzene rings is 2. The van der Waals surface area contributed by atoms with Crippen LogP contribution in [-0.4, -0.2) is 19.5 Å². The van der Waals surface area contributed by atoms with E-state index in [0.717, 1.165) is 30.3 Å². The van der Waals surface area contributed by atoms with Crippen LogP contribution in [0.4, 0.5) is 23.2 Å². The lowest BCUT2D eigenvalue weighted by atomic mass is 10.2. The Labute approximate surface area is 133 Å². The third-order valence-corrected chi connectivity index (χ3v) is 4.33. The van der Waals surface area contributed by atoms with Crippen molar-refractivity contribution in [3.05, 3.63) is 59.4 Å². The number of halogens is 4. The van der Waals surface area contributed by atoms with E-state index in [9.17, 15) is 30.8 Å². The molecule has 0 aliphatic carbocycles. The third-order valence-electron chi connectivity index (χ3n) is 2.94. The van der Waals surface area contributed by atoms with E-state index in [4.69, 9.17) is 5.11 Å². The van der Waals surface area contributed by atoms with Gasteiger partial charge in [0.1, 0.15) is 5.82 Å².